The number of hydrogen-bond acceptors (Lipinski definition) is 4. The summed E-state index contributed by atoms with van der Waals surface area (Å²) in [4.78, 5) is 18.6. The molecule has 0 aliphatic heterocycles. The molecule has 0 spiro atoms. The zero-order valence-corrected chi connectivity index (χ0v) is 16.6. The van der Waals surface area contributed by atoms with Gasteiger partial charge in [0.05, 0.1) is 17.4 Å². The maximum Gasteiger partial charge on any atom is 0.272 e. The number of H-pyrrole nitrogens is 1. The number of nitrogens with one attached hydrogen (secondary N) is 1. The van der Waals surface area contributed by atoms with Gasteiger partial charge >= 0.3 is 0 Å². The lowest BCUT2D eigenvalue weighted by atomic mass is 10.1. The van der Waals surface area contributed by atoms with Crippen LogP contribution in [0, 0.1) is 6.92 Å². The molecule has 1 amide bonds. The highest BCUT2D eigenvalue weighted by Crippen LogP contribution is 2.23. The molecule has 0 bridgehead atoms. The summed E-state index contributed by atoms with van der Waals surface area (Å²) in [6, 6.07) is 17.7. The fourth-order valence-corrected chi connectivity index (χ4v) is 3.14. The van der Waals surface area contributed by atoms with Crippen molar-refractivity contribution in [2.75, 3.05) is 7.05 Å². The summed E-state index contributed by atoms with van der Waals surface area (Å²) in [5.41, 5.74) is 5.33. The lowest BCUT2D eigenvalue weighted by Crippen LogP contribution is -2.30. The van der Waals surface area contributed by atoms with Gasteiger partial charge in [-0.2, -0.15) is 10.2 Å². The molecule has 2 heterocycles. The van der Waals surface area contributed by atoms with Crippen LogP contribution in [0.1, 0.15) is 34.6 Å². The predicted molar refractivity (Wildman–Crippen MR) is 111 cm³/mol. The maximum absolute atomic E-state index is 12.9. The van der Waals surface area contributed by atoms with Gasteiger partial charge in [0.25, 0.3) is 5.91 Å². The summed E-state index contributed by atoms with van der Waals surface area (Å²) in [5, 5.41) is 11.3. The molecule has 1 N–H and O–H groups in total. The van der Waals surface area contributed by atoms with Gasteiger partial charge < -0.3 is 4.90 Å². The highest BCUT2D eigenvalue weighted by Gasteiger charge is 2.21. The van der Waals surface area contributed by atoms with Crippen LogP contribution in [0.5, 0.6) is 0 Å². The van der Waals surface area contributed by atoms with Crippen LogP contribution in [0.4, 0.5) is 0 Å². The Kier molecular flexibility index (Phi) is 4.95. The number of amides is 1. The van der Waals surface area contributed by atoms with E-state index in [1.807, 2.05) is 62.4 Å². The molecule has 1 atom stereocenters. The van der Waals surface area contributed by atoms with E-state index < -0.39 is 0 Å². The minimum Gasteiger partial charge on any atom is -0.334 e. The van der Waals surface area contributed by atoms with Crippen LogP contribution < -0.4 is 0 Å². The molecule has 0 aliphatic carbocycles. The van der Waals surface area contributed by atoms with Gasteiger partial charge in [-0.25, -0.2) is 9.67 Å². The minimum absolute atomic E-state index is 0.0987. The molecule has 1 unspecified atom stereocenters. The maximum atomic E-state index is 12.9. The van der Waals surface area contributed by atoms with E-state index in [-0.39, 0.29) is 11.9 Å². The van der Waals surface area contributed by atoms with Crippen molar-refractivity contribution >= 4 is 5.91 Å². The lowest BCUT2D eigenvalue weighted by Gasteiger charge is -2.25. The largest absolute Gasteiger partial charge is 0.334 e. The van der Waals surface area contributed by atoms with Gasteiger partial charge in [-0.1, -0.05) is 42.0 Å². The normalized spacial score (nSPS) is 12.0. The Bertz CT molecular complexity index is 1100. The van der Waals surface area contributed by atoms with Crippen LogP contribution >= 0.6 is 0 Å². The average molecular weight is 386 g/mol. The molecule has 4 rings (SSSR count). The van der Waals surface area contributed by atoms with Crippen molar-refractivity contribution in [3.05, 3.63) is 84.1 Å². The highest BCUT2D eigenvalue weighted by molar-refractivity contribution is 5.93. The van der Waals surface area contributed by atoms with E-state index in [0.717, 1.165) is 22.5 Å². The Morgan fingerprint density at radius 3 is 2.48 bits per heavy atom. The topological polar surface area (TPSA) is 79.7 Å². The Morgan fingerprint density at radius 1 is 1.10 bits per heavy atom. The first-order valence-electron chi connectivity index (χ1n) is 9.37. The highest BCUT2D eigenvalue weighted by atomic mass is 16.2. The number of aryl methyl sites for hydroxylation is 1. The molecule has 0 fully saturated rings. The van der Waals surface area contributed by atoms with Crippen molar-refractivity contribution in [2.45, 2.75) is 19.9 Å². The average Bonchev–Trinajstić information content (AvgIpc) is 3.45. The van der Waals surface area contributed by atoms with Crippen LogP contribution in [0.3, 0.4) is 0 Å². The summed E-state index contributed by atoms with van der Waals surface area (Å²) in [7, 11) is 1.80. The monoisotopic (exact) mass is 386 g/mol. The fraction of sp³-hybridized carbons (Fsp3) is 0.182. The van der Waals surface area contributed by atoms with E-state index in [4.69, 9.17) is 0 Å². The molecule has 0 saturated carbocycles. The first kappa shape index (κ1) is 18.6. The van der Waals surface area contributed by atoms with Gasteiger partial charge in [-0.05, 0) is 37.6 Å². The summed E-state index contributed by atoms with van der Waals surface area (Å²) in [6.45, 7) is 4.04. The number of carbonyl (C=O) groups excluding carboxylic acids is 1. The van der Waals surface area contributed by atoms with Crippen LogP contribution in [0.2, 0.25) is 0 Å². The Balaban J connectivity index is 1.49. The first-order chi connectivity index (χ1) is 14.0. The molecule has 0 saturated heterocycles. The van der Waals surface area contributed by atoms with Gasteiger partial charge in [0, 0.05) is 12.6 Å². The smallest absolute Gasteiger partial charge is 0.272 e. The van der Waals surface area contributed by atoms with Crippen LogP contribution in [-0.2, 0) is 0 Å². The molecule has 146 valence electrons. The van der Waals surface area contributed by atoms with Crippen LogP contribution in [0.15, 0.2) is 67.3 Å². The number of hydrogen-bond donors (Lipinski definition) is 1. The second-order valence-electron chi connectivity index (χ2n) is 7.06. The van der Waals surface area contributed by atoms with Crippen molar-refractivity contribution in [3.8, 4) is 16.9 Å². The van der Waals surface area contributed by atoms with E-state index in [9.17, 15) is 4.79 Å². The number of benzene rings is 2. The summed E-state index contributed by atoms with van der Waals surface area (Å²) in [6.07, 6.45) is 3.15. The van der Waals surface area contributed by atoms with E-state index in [2.05, 4.69) is 20.3 Å². The third-order valence-electron chi connectivity index (χ3n) is 5.12. The molecule has 29 heavy (non-hydrogen) atoms. The molecule has 7 nitrogen and oxygen atoms in total. The number of rotatable bonds is 5. The quantitative estimate of drug-likeness (QED) is 0.566. The number of carbonyl (C=O) groups is 1. The molecule has 0 radical (unpaired) electrons. The van der Waals surface area contributed by atoms with Crippen molar-refractivity contribution in [1.82, 2.24) is 29.9 Å². The lowest BCUT2D eigenvalue weighted by molar-refractivity contribution is 0.0736. The zero-order valence-electron chi connectivity index (χ0n) is 16.6. The molecule has 2 aromatic carbocycles. The predicted octanol–water partition coefficient (Wildman–Crippen LogP) is 3.80. The van der Waals surface area contributed by atoms with Gasteiger partial charge in [0.1, 0.15) is 18.3 Å². The fourth-order valence-electron chi connectivity index (χ4n) is 3.14. The van der Waals surface area contributed by atoms with Crippen molar-refractivity contribution < 1.29 is 4.79 Å². The van der Waals surface area contributed by atoms with Gasteiger partial charge in [0.2, 0.25) is 0 Å². The molecular formula is C22H22N6O. The number of aromatic nitrogens is 5. The minimum atomic E-state index is -0.108. The standard InChI is InChI=1S/C22H22N6O/c1-15-4-6-18(7-5-15)20-12-21(26-25-20)22(29)27(3)16(2)17-8-10-19(11-9-17)28-14-23-13-24-28/h4-14,16H,1-3H3,(H,25,26). The second kappa shape index (κ2) is 7.71. The first-order valence-corrected chi connectivity index (χ1v) is 9.37. The van der Waals surface area contributed by atoms with Crippen LogP contribution in [0.25, 0.3) is 16.9 Å². The van der Waals surface area contributed by atoms with Gasteiger partial charge in [-0.15, -0.1) is 0 Å². The third kappa shape index (κ3) is 3.80. The van der Waals surface area contributed by atoms with Gasteiger partial charge in [-0.3, -0.25) is 9.89 Å². The van der Waals surface area contributed by atoms with E-state index in [1.54, 1.807) is 29.0 Å². The van der Waals surface area contributed by atoms with Gasteiger partial charge in [0.15, 0.2) is 0 Å². The van der Waals surface area contributed by atoms with E-state index in [0.29, 0.717) is 5.69 Å². The Hall–Kier alpha value is -3.74. The summed E-state index contributed by atoms with van der Waals surface area (Å²) >= 11 is 0. The molecule has 0 aliphatic rings. The summed E-state index contributed by atoms with van der Waals surface area (Å²) in [5.74, 6) is -0.108. The SMILES string of the molecule is Cc1ccc(-c2cc(C(=O)N(C)C(C)c3ccc(-n4cncn4)cc3)[nH]n2)cc1. The number of nitrogens with zero attached hydrogens (tertiary/aromatic N) is 5. The molecule has 4 aromatic rings. The molecular weight excluding hydrogens is 364 g/mol. The van der Waals surface area contributed by atoms with E-state index in [1.165, 1.54) is 11.9 Å². The van der Waals surface area contributed by atoms with Crippen molar-refractivity contribution in [3.63, 3.8) is 0 Å². The Labute approximate surface area is 169 Å². The van der Waals surface area contributed by atoms with E-state index >= 15 is 0 Å². The van der Waals surface area contributed by atoms with Crippen LogP contribution in [-0.4, -0.2) is 42.8 Å². The number of aromatic amines is 1. The molecule has 7 heteroatoms. The Morgan fingerprint density at radius 2 is 1.83 bits per heavy atom. The van der Waals surface area contributed by atoms with Crippen molar-refractivity contribution in [1.29, 1.82) is 0 Å². The van der Waals surface area contributed by atoms with Crippen molar-refractivity contribution in [2.24, 2.45) is 0 Å². The summed E-state index contributed by atoms with van der Waals surface area (Å²) < 4.78 is 1.69. The molecule has 2 aromatic heterocycles. The third-order valence-corrected chi connectivity index (χ3v) is 5.12. The zero-order chi connectivity index (χ0) is 20.4. The second-order valence-corrected chi connectivity index (χ2v) is 7.06.